The van der Waals surface area contributed by atoms with Gasteiger partial charge in [0.2, 0.25) is 0 Å². The van der Waals surface area contributed by atoms with Crippen molar-refractivity contribution in [2.45, 2.75) is 0 Å². The Morgan fingerprint density at radius 1 is 1.00 bits per heavy atom. The molecule has 0 unspecified atom stereocenters. The van der Waals surface area contributed by atoms with Crippen LogP contribution in [0.3, 0.4) is 0 Å². The highest BCUT2D eigenvalue weighted by atomic mass is 16.5. The van der Waals surface area contributed by atoms with Crippen molar-refractivity contribution < 1.29 is 14.3 Å². The van der Waals surface area contributed by atoms with Crippen molar-refractivity contribution in [2.24, 2.45) is 0 Å². The van der Waals surface area contributed by atoms with E-state index in [1.54, 1.807) is 37.6 Å². The van der Waals surface area contributed by atoms with E-state index in [0.717, 1.165) is 0 Å². The van der Waals surface area contributed by atoms with E-state index in [4.69, 9.17) is 4.74 Å². The van der Waals surface area contributed by atoms with Gasteiger partial charge in [-0.15, -0.1) is 0 Å². The van der Waals surface area contributed by atoms with Gasteiger partial charge in [0.25, 0.3) is 0 Å². The van der Waals surface area contributed by atoms with Crippen LogP contribution >= 0.6 is 0 Å². The van der Waals surface area contributed by atoms with Gasteiger partial charge in [0.1, 0.15) is 5.75 Å². The molecule has 2 aromatic rings. The van der Waals surface area contributed by atoms with Crippen LogP contribution in [0.5, 0.6) is 5.75 Å². The summed E-state index contributed by atoms with van der Waals surface area (Å²) >= 11 is 0. The zero-order valence-electron chi connectivity index (χ0n) is 10.1. The largest absolute Gasteiger partial charge is 0.495 e. The minimum atomic E-state index is -0.406. The lowest BCUT2D eigenvalue weighted by molar-refractivity contribution is 0.0600. The molecule has 2 heterocycles. The molecule has 0 spiro atoms. The Balaban J connectivity index is 2.25. The van der Waals surface area contributed by atoms with E-state index in [-0.39, 0.29) is 0 Å². The lowest BCUT2D eigenvalue weighted by Crippen LogP contribution is -2.01. The summed E-state index contributed by atoms with van der Waals surface area (Å²) in [6.45, 7) is 0. The van der Waals surface area contributed by atoms with Gasteiger partial charge in [-0.2, -0.15) is 0 Å². The maximum Gasteiger partial charge on any atom is 0.339 e. The maximum atomic E-state index is 11.3. The van der Waals surface area contributed by atoms with E-state index in [9.17, 15) is 4.79 Å². The van der Waals surface area contributed by atoms with Gasteiger partial charge < -0.3 is 9.47 Å². The van der Waals surface area contributed by atoms with E-state index in [0.29, 0.717) is 22.7 Å². The van der Waals surface area contributed by atoms with Crippen molar-refractivity contribution >= 4 is 5.97 Å². The third-order valence-electron chi connectivity index (χ3n) is 2.42. The molecule has 18 heavy (non-hydrogen) atoms. The van der Waals surface area contributed by atoms with Crippen LogP contribution in [-0.4, -0.2) is 30.2 Å². The van der Waals surface area contributed by atoms with Gasteiger partial charge in [-0.05, 0) is 24.3 Å². The van der Waals surface area contributed by atoms with Gasteiger partial charge in [0.05, 0.1) is 37.4 Å². The van der Waals surface area contributed by atoms with Crippen molar-refractivity contribution in [2.75, 3.05) is 14.2 Å². The number of rotatable bonds is 3. The van der Waals surface area contributed by atoms with Crippen molar-refractivity contribution in [3.8, 4) is 17.1 Å². The Kier molecular flexibility index (Phi) is 3.52. The zero-order valence-corrected chi connectivity index (χ0v) is 10.1. The Morgan fingerprint density at radius 2 is 1.67 bits per heavy atom. The molecule has 0 aliphatic heterocycles. The summed E-state index contributed by atoms with van der Waals surface area (Å²) in [5.74, 6) is 0.279. The van der Waals surface area contributed by atoms with E-state index >= 15 is 0 Å². The molecule has 5 heteroatoms. The second-order valence-corrected chi connectivity index (χ2v) is 3.51. The summed E-state index contributed by atoms with van der Waals surface area (Å²) in [6.07, 6.45) is 3.08. The summed E-state index contributed by atoms with van der Waals surface area (Å²) in [4.78, 5) is 19.6. The Bertz CT molecular complexity index is 535. The molecule has 5 nitrogen and oxygen atoms in total. The molecule has 0 bridgehead atoms. The molecular formula is C13H12N2O3. The summed E-state index contributed by atoms with van der Waals surface area (Å²) in [5.41, 5.74) is 1.81. The number of aromatic nitrogens is 2. The van der Waals surface area contributed by atoms with Crippen LogP contribution in [0.2, 0.25) is 0 Å². The van der Waals surface area contributed by atoms with E-state index in [1.807, 2.05) is 0 Å². The molecule has 0 aromatic carbocycles. The molecule has 0 fully saturated rings. The lowest BCUT2D eigenvalue weighted by atomic mass is 10.2. The number of hydrogen-bond donors (Lipinski definition) is 0. The zero-order chi connectivity index (χ0) is 13.0. The predicted molar refractivity (Wildman–Crippen MR) is 65.4 cm³/mol. The smallest absolute Gasteiger partial charge is 0.339 e. The average Bonchev–Trinajstić information content (AvgIpc) is 2.47. The second kappa shape index (κ2) is 5.27. The maximum absolute atomic E-state index is 11.3. The van der Waals surface area contributed by atoms with Gasteiger partial charge >= 0.3 is 5.97 Å². The van der Waals surface area contributed by atoms with Gasteiger partial charge in [-0.25, -0.2) is 4.79 Å². The first kappa shape index (κ1) is 12.0. The minimum absolute atomic E-state index is 0.406. The first-order valence-corrected chi connectivity index (χ1v) is 5.29. The van der Waals surface area contributed by atoms with Crippen LogP contribution in [0.1, 0.15) is 10.4 Å². The third-order valence-corrected chi connectivity index (χ3v) is 2.42. The fourth-order valence-electron chi connectivity index (χ4n) is 1.44. The van der Waals surface area contributed by atoms with E-state index < -0.39 is 5.97 Å². The molecule has 0 saturated heterocycles. The molecule has 0 N–H and O–H groups in total. The van der Waals surface area contributed by atoms with Crippen LogP contribution in [-0.2, 0) is 4.74 Å². The number of hydrogen-bond acceptors (Lipinski definition) is 5. The number of nitrogens with zero attached hydrogens (tertiary/aromatic N) is 2. The highest BCUT2D eigenvalue weighted by molar-refractivity contribution is 5.89. The van der Waals surface area contributed by atoms with Crippen LogP contribution < -0.4 is 4.74 Å². The number of esters is 1. The second-order valence-electron chi connectivity index (χ2n) is 3.51. The molecule has 0 amide bonds. The fourth-order valence-corrected chi connectivity index (χ4v) is 1.44. The van der Waals surface area contributed by atoms with Crippen LogP contribution in [0, 0.1) is 0 Å². The lowest BCUT2D eigenvalue weighted by Gasteiger charge is -2.03. The van der Waals surface area contributed by atoms with Crippen LogP contribution in [0.15, 0.2) is 36.7 Å². The molecule has 92 valence electrons. The highest BCUT2D eigenvalue weighted by Gasteiger charge is 2.07. The minimum Gasteiger partial charge on any atom is -0.495 e. The van der Waals surface area contributed by atoms with Crippen molar-refractivity contribution in [1.82, 2.24) is 9.97 Å². The summed E-state index contributed by atoms with van der Waals surface area (Å²) in [5, 5.41) is 0. The number of methoxy groups -OCH3 is 2. The average molecular weight is 244 g/mol. The molecule has 0 aliphatic rings. The van der Waals surface area contributed by atoms with Gasteiger partial charge in [0.15, 0.2) is 0 Å². The topological polar surface area (TPSA) is 61.3 Å². The molecule has 0 atom stereocenters. The third kappa shape index (κ3) is 2.45. The number of carbonyl (C=O) groups excluding carboxylic acids is 1. The number of ether oxygens (including phenoxy) is 2. The first-order valence-electron chi connectivity index (χ1n) is 5.29. The van der Waals surface area contributed by atoms with E-state index in [1.165, 1.54) is 13.3 Å². The van der Waals surface area contributed by atoms with Gasteiger partial charge in [0, 0.05) is 6.20 Å². The number of carbonyl (C=O) groups is 1. The fraction of sp³-hybridized carbons (Fsp3) is 0.154. The van der Waals surface area contributed by atoms with Crippen molar-refractivity contribution in [3.05, 3.63) is 42.2 Å². The monoisotopic (exact) mass is 244 g/mol. The van der Waals surface area contributed by atoms with Crippen molar-refractivity contribution in [1.29, 1.82) is 0 Å². The van der Waals surface area contributed by atoms with Crippen LogP contribution in [0.4, 0.5) is 0 Å². The highest BCUT2D eigenvalue weighted by Crippen LogP contribution is 2.17. The molecule has 0 aliphatic carbocycles. The van der Waals surface area contributed by atoms with Gasteiger partial charge in [-0.1, -0.05) is 0 Å². The quantitative estimate of drug-likeness (QED) is 0.772. The Labute approximate surface area is 104 Å². The Morgan fingerprint density at radius 3 is 2.11 bits per heavy atom. The predicted octanol–water partition coefficient (Wildman–Crippen LogP) is 1.94. The van der Waals surface area contributed by atoms with E-state index in [2.05, 4.69) is 14.7 Å². The van der Waals surface area contributed by atoms with Gasteiger partial charge in [-0.3, -0.25) is 9.97 Å². The summed E-state index contributed by atoms with van der Waals surface area (Å²) in [7, 11) is 2.92. The number of pyridine rings is 2. The van der Waals surface area contributed by atoms with Crippen molar-refractivity contribution in [3.63, 3.8) is 0 Å². The SMILES string of the molecule is COC(=O)c1ccc(-c2ccc(OC)cn2)nc1. The molecular weight excluding hydrogens is 232 g/mol. The first-order chi connectivity index (χ1) is 8.74. The molecule has 0 saturated carbocycles. The van der Waals surface area contributed by atoms with Crippen LogP contribution in [0.25, 0.3) is 11.4 Å². The standard InChI is InChI=1S/C13H12N2O3/c1-17-10-4-6-12(15-8-10)11-5-3-9(7-14-11)13(16)18-2/h3-8H,1-2H3. The molecule has 2 aromatic heterocycles. The summed E-state index contributed by atoms with van der Waals surface area (Å²) < 4.78 is 9.63. The Hall–Kier alpha value is -2.43. The summed E-state index contributed by atoms with van der Waals surface area (Å²) in [6, 6.07) is 6.98. The normalized spacial score (nSPS) is 9.89. The molecule has 0 radical (unpaired) electrons. The molecule has 2 rings (SSSR count).